The van der Waals surface area contributed by atoms with Gasteiger partial charge in [-0.2, -0.15) is 16.8 Å². The quantitative estimate of drug-likeness (QED) is 0.140. The summed E-state index contributed by atoms with van der Waals surface area (Å²) in [6, 6.07) is 6.39. The molecule has 0 bridgehead atoms. The predicted octanol–water partition coefficient (Wildman–Crippen LogP) is -0.819. The van der Waals surface area contributed by atoms with Gasteiger partial charge in [0.05, 0.1) is 49.1 Å². The molecule has 2 aromatic rings. The van der Waals surface area contributed by atoms with Crippen LogP contribution < -0.4 is 11.2 Å². The van der Waals surface area contributed by atoms with Crippen molar-refractivity contribution in [2.45, 2.75) is 68.5 Å². The van der Waals surface area contributed by atoms with Crippen molar-refractivity contribution < 1.29 is 55.5 Å². The van der Waals surface area contributed by atoms with Crippen LogP contribution in [0.25, 0.3) is 0 Å². The van der Waals surface area contributed by atoms with Crippen molar-refractivity contribution in [1.29, 1.82) is 0 Å². The molecule has 1 aromatic heterocycles. The van der Waals surface area contributed by atoms with Crippen LogP contribution in [0.3, 0.4) is 0 Å². The van der Waals surface area contributed by atoms with Crippen LogP contribution in [0.4, 0.5) is 0 Å². The normalized spacial score (nSPS) is 28.5. The second-order valence-electron chi connectivity index (χ2n) is 11.3. The number of rotatable bonds is 13. The van der Waals surface area contributed by atoms with Gasteiger partial charge < -0.3 is 29.5 Å². The molecule has 19 heteroatoms. The summed E-state index contributed by atoms with van der Waals surface area (Å²) in [6.45, 7) is -0.306. The molecule has 6 N–H and O–H groups in total. The lowest BCUT2D eigenvalue weighted by molar-refractivity contribution is -0.216. The lowest BCUT2D eigenvalue weighted by Gasteiger charge is -2.39. The third-order valence-corrected chi connectivity index (χ3v) is 9.91. The first-order valence-electron chi connectivity index (χ1n) is 13.8. The second kappa shape index (κ2) is 13.5. The zero-order valence-corrected chi connectivity index (χ0v) is 26.4. The van der Waals surface area contributed by atoms with E-state index in [1.54, 1.807) is 24.3 Å². The van der Waals surface area contributed by atoms with Crippen molar-refractivity contribution in [1.82, 2.24) is 9.55 Å². The van der Waals surface area contributed by atoms with Gasteiger partial charge in [0.1, 0.15) is 12.2 Å². The highest BCUT2D eigenvalue weighted by molar-refractivity contribution is 7.86. The molecule has 16 nitrogen and oxygen atoms in total. The van der Waals surface area contributed by atoms with E-state index in [1.165, 1.54) is 6.92 Å². The van der Waals surface area contributed by atoms with E-state index in [0.29, 0.717) is 10.6 Å². The number of nitrogens with one attached hydrogen (secondary N) is 1. The van der Waals surface area contributed by atoms with Gasteiger partial charge in [-0.25, -0.2) is 4.79 Å². The topological polar surface area (TPSA) is 252 Å². The number of benzene rings is 1. The number of aromatic nitrogens is 2. The third kappa shape index (κ3) is 7.84. The molecule has 6 atom stereocenters. The highest BCUT2D eigenvalue weighted by atomic mass is 35.5. The molecule has 2 fully saturated rings. The fraction of sp³-hybridized carbons (Fsp3) is 0.615. The Balaban J connectivity index is 1.92. The summed E-state index contributed by atoms with van der Waals surface area (Å²) in [6.07, 6.45) is -6.14. The Morgan fingerprint density at radius 3 is 2.13 bits per heavy atom. The van der Waals surface area contributed by atoms with E-state index >= 15 is 0 Å². The average molecular weight is 699 g/mol. The molecular formula is C26H35ClN2O14S2. The molecule has 2 aliphatic heterocycles. The molecule has 0 amide bonds. The molecule has 0 saturated carbocycles. The number of aliphatic hydroxyl groups excluding tert-OH is 3. The lowest BCUT2D eigenvalue weighted by atomic mass is 9.81. The molecular weight excluding hydrogens is 664 g/mol. The van der Waals surface area contributed by atoms with Gasteiger partial charge in [-0.15, -0.1) is 0 Å². The molecule has 1 unspecified atom stereocenters. The monoisotopic (exact) mass is 698 g/mol. The minimum atomic E-state index is -4.69. The van der Waals surface area contributed by atoms with Crippen molar-refractivity contribution in [3.05, 3.63) is 67.4 Å². The molecule has 0 aliphatic carbocycles. The van der Waals surface area contributed by atoms with Gasteiger partial charge in [-0.3, -0.25) is 23.5 Å². The number of hydrogen-bond acceptors (Lipinski definition) is 12. The van der Waals surface area contributed by atoms with E-state index < -0.39 is 117 Å². The molecule has 2 saturated heterocycles. The summed E-state index contributed by atoms with van der Waals surface area (Å²) in [7, 11) is -9.38. The number of aryl methyl sites for hydroxylation is 1. The fourth-order valence-corrected chi connectivity index (χ4v) is 7.38. The largest absolute Gasteiger partial charge is 0.396 e. The average Bonchev–Trinajstić information content (AvgIpc) is 3.47. The Hall–Kier alpha value is -2.23. The lowest BCUT2D eigenvalue weighted by Crippen LogP contribution is -2.55. The van der Waals surface area contributed by atoms with Crippen LogP contribution in [0.15, 0.2) is 40.1 Å². The van der Waals surface area contributed by atoms with Crippen LogP contribution in [-0.4, -0.2) is 106 Å². The summed E-state index contributed by atoms with van der Waals surface area (Å²) in [5, 5.41) is 32.0. The van der Waals surface area contributed by atoms with Gasteiger partial charge >= 0.3 is 5.69 Å². The Bertz CT molecular complexity index is 1660. The van der Waals surface area contributed by atoms with E-state index in [1.807, 2.05) is 0 Å². The second-order valence-corrected chi connectivity index (χ2v) is 14.9. The Morgan fingerprint density at radius 1 is 1.02 bits per heavy atom. The minimum absolute atomic E-state index is 0.0395. The van der Waals surface area contributed by atoms with Crippen molar-refractivity contribution >= 4 is 31.8 Å². The number of hydrogen-bond donors (Lipinski definition) is 6. The first-order chi connectivity index (χ1) is 20.9. The number of nitrogens with zero attached hydrogens (tertiary/aromatic N) is 1. The number of aromatic amines is 1. The standard InChI is InChI=1S/C26H35ClN2O14S2/c1-15-11-29(24(34)28-23(15)33)26(10-19(32)20(13-31)42-26)22-18(12-30)21(41-14-16-2-4-17(27)5-3-16)25(43-22,6-8-44(35,36)37)7-9-45(38,39)40/h2-5,11,18-22,30-32H,6-10,12-14H2,1H3,(H,28,33,34)(H,35,36,37)(H,38,39,40)/t18-,19+,20-,21+,22?,26+/m1/s1. The predicted molar refractivity (Wildman–Crippen MR) is 157 cm³/mol. The maximum atomic E-state index is 13.2. The van der Waals surface area contributed by atoms with Crippen LogP contribution in [0.1, 0.15) is 30.4 Å². The first-order valence-corrected chi connectivity index (χ1v) is 17.4. The summed E-state index contributed by atoms with van der Waals surface area (Å²) in [5.74, 6) is -3.17. The van der Waals surface area contributed by atoms with Gasteiger partial charge in [0.2, 0.25) is 0 Å². The van der Waals surface area contributed by atoms with Gasteiger partial charge in [0, 0.05) is 29.1 Å². The minimum Gasteiger partial charge on any atom is -0.396 e. The SMILES string of the molecule is Cc1cn([C@@]2(C3OC(CCS(=O)(=O)O)(CCS(=O)(=O)O)[C@@H](OCc4ccc(Cl)cc4)[C@H]3CO)C[C@H](O)[C@@H](CO)O2)c(=O)[nH]c1=O. The van der Waals surface area contributed by atoms with Crippen molar-refractivity contribution in [2.24, 2.45) is 5.92 Å². The molecule has 0 radical (unpaired) electrons. The van der Waals surface area contributed by atoms with Crippen molar-refractivity contribution in [3.8, 4) is 0 Å². The van der Waals surface area contributed by atoms with Gasteiger partial charge in [0.15, 0.2) is 5.72 Å². The maximum absolute atomic E-state index is 13.2. The summed E-state index contributed by atoms with van der Waals surface area (Å²) in [5.41, 5.74) is -5.19. The summed E-state index contributed by atoms with van der Waals surface area (Å²) >= 11 is 5.98. The Kier molecular flexibility index (Phi) is 10.7. The third-order valence-electron chi connectivity index (χ3n) is 8.22. The van der Waals surface area contributed by atoms with Crippen LogP contribution in [0.2, 0.25) is 5.02 Å². The van der Waals surface area contributed by atoms with Crippen molar-refractivity contribution in [3.63, 3.8) is 0 Å². The van der Waals surface area contributed by atoms with E-state index in [-0.39, 0.29) is 12.2 Å². The molecule has 3 heterocycles. The smallest absolute Gasteiger partial charge is 0.330 e. The number of halogens is 1. The Labute approximate surface area is 263 Å². The maximum Gasteiger partial charge on any atom is 0.330 e. The van der Waals surface area contributed by atoms with E-state index in [2.05, 4.69) is 4.98 Å². The molecule has 45 heavy (non-hydrogen) atoms. The molecule has 2 aliphatic rings. The number of aliphatic hydroxyl groups is 3. The van der Waals surface area contributed by atoms with Gasteiger partial charge in [-0.1, -0.05) is 23.7 Å². The highest BCUT2D eigenvalue weighted by Gasteiger charge is 2.65. The molecule has 1 aromatic carbocycles. The van der Waals surface area contributed by atoms with E-state index in [9.17, 15) is 50.8 Å². The Morgan fingerprint density at radius 2 is 1.62 bits per heavy atom. The van der Waals surface area contributed by atoms with E-state index in [0.717, 1.165) is 10.8 Å². The molecule has 4 rings (SSSR count). The summed E-state index contributed by atoms with van der Waals surface area (Å²) < 4.78 is 86.7. The van der Waals surface area contributed by atoms with E-state index in [4.69, 9.17) is 25.8 Å². The highest BCUT2D eigenvalue weighted by Crippen LogP contribution is 2.52. The number of ether oxygens (including phenoxy) is 3. The van der Waals surface area contributed by atoms with Crippen LogP contribution in [0, 0.1) is 12.8 Å². The first kappa shape index (κ1) is 35.6. The number of H-pyrrole nitrogens is 1. The van der Waals surface area contributed by atoms with Gasteiger partial charge in [-0.05, 0) is 37.5 Å². The van der Waals surface area contributed by atoms with Crippen LogP contribution >= 0.6 is 11.6 Å². The zero-order chi connectivity index (χ0) is 33.4. The molecule has 252 valence electrons. The zero-order valence-electron chi connectivity index (χ0n) is 24.0. The molecule has 0 spiro atoms. The summed E-state index contributed by atoms with van der Waals surface area (Å²) in [4.78, 5) is 27.6. The van der Waals surface area contributed by atoms with Crippen LogP contribution in [0.5, 0.6) is 0 Å². The van der Waals surface area contributed by atoms with Crippen LogP contribution in [-0.2, 0) is 46.8 Å². The fourth-order valence-electron chi connectivity index (χ4n) is 6.05. The van der Waals surface area contributed by atoms with Gasteiger partial charge in [0.25, 0.3) is 25.8 Å². The van der Waals surface area contributed by atoms with Crippen molar-refractivity contribution in [2.75, 3.05) is 24.7 Å².